The minimum atomic E-state index is 0.0528. The maximum Gasteiger partial charge on any atom is 0.209 e. The SMILES string of the molecule is C=Nc1ccccc1/C=C/C=C1\CCC[N+]2=C1C(C)(C)c1ccccc12. The molecular weight excluding hydrogens is 316 g/mol. The van der Waals surface area contributed by atoms with Gasteiger partial charge < -0.3 is 0 Å². The summed E-state index contributed by atoms with van der Waals surface area (Å²) in [6, 6.07) is 16.9. The second kappa shape index (κ2) is 6.53. The molecule has 0 spiro atoms. The van der Waals surface area contributed by atoms with Crippen LogP contribution in [-0.2, 0) is 5.41 Å². The molecule has 0 amide bonds. The Morgan fingerprint density at radius 3 is 2.69 bits per heavy atom. The van der Waals surface area contributed by atoms with Gasteiger partial charge in [0.2, 0.25) is 5.69 Å². The van der Waals surface area contributed by atoms with E-state index in [4.69, 9.17) is 0 Å². The second-order valence-corrected chi connectivity index (χ2v) is 7.51. The quantitative estimate of drug-likeness (QED) is 0.493. The fraction of sp³-hybridized carbons (Fsp3) is 0.250. The van der Waals surface area contributed by atoms with Crippen molar-refractivity contribution in [3.8, 4) is 0 Å². The van der Waals surface area contributed by atoms with Crippen LogP contribution in [0.5, 0.6) is 0 Å². The fourth-order valence-corrected chi connectivity index (χ4v) is 4.38. The molecule has 130 valence electrons. The van der Waals surface area contributed by atoms with Crippen LogP contribution in [0.2, 0.25) is 0 Å². The summed E-state index contributed by atoms with van der Waals surface area (Å²) in [4.78, 5) is 4.10. The van der Waals surface area contributed by atoms with Crippen LogP contribution in [0.15, 0.2) is 71.2 Å². The molecule has 0 N–H and O–H groups in total. The van der Waals surface area contributed by atoms with E-state index in [1.807, 2.05) is 18.2 Å². The van der Waals surface area contributed by atoms with Gasteiger partial charge in [-0.15, -0.1) is 0 Å². The third-order valence-corrected chi connectivity index (χ3v) is 5.54. The smallest absolute Gasteiger partial charge is 0.209 e. The largest absolute Gasteiger partial charge is 0.264 e. The zero-order chi connectivity index (χ0) is 18.1. The summed E-state index contributed by atoms with van der Waals surface area (Å²) in [5.41, 5.74) is 7.80. The first-order chi connectivity index (χ1) is 12.6. The normalized spacial score (nSPS) is 19.7. The molecule has 2 aromatic rings. The van der Waals surface area contributed by atoms with Crippen LogP contribution >= 0.6 is 0 Å². The van der Waals surface area contributed by atoms with E-state index >= 15 is 0 Å². The molecule has 0 aliphatic carbocycles. The third-order valence-electron chi connectivity index (χ3n) is 5.54. The second-order valence-electron chi connectivity index (χ2n) is 7.51. The van der Waals surface area contributed by atoms with Crippen molar-refractivity contribution in [2.24, 2.45) is 4.99 Å². The molecule has 2 aliphatic rings. The van der Waals surface area contributed by atoms with Crippen molar-refractivity contribution in [1.82, 2.24) is 0 Å². The van der Waals surface area contributed by atoms with Crippen LogP contribution in [0.3, 0.4) is 0 Å². The molecule has 0 bridgehead atoms. The van der Waals surface area contributed by atoms with Gasteiger partial charge in [0.15, 0.2) is 5.71 Å². The first-order valence-corrected chi connectivity index (χ1v) is 9.31. The van der Waals surface area contributed by atoms with Gasteiger partial charge in [-0.2, -0.15) is 4.58 Å². The molecule has 2 heteroatoms. The van der Waals surface area contributed by atoms with Gasteiger partial charge in [-0.05, 0) is 33.1 Å². The first-order valence-electron chi connectivity index (χ1n) is 9.31. The van der Waals surface area contributed by atoms with E-state index in [0.717, 1.165) is 24.2 Å². The van der Waals surface area contributed by atoms with E-state index in [1.165, 1.54) is 29.0 Å². The van der Waals surface area contributed by atoms with Crippen LogP contribution in [-0.4, -0.2) is 23.5 Å². The molecule has 0 atom stereocenters. The van der Waals surface area contributed by atoms with E-state index in [1.54, 1.807) is 0 Å². The van der Waals surface area contributed by atoms with E-state index in [9.17, 15) is 0 Å². The average Bonchev–Trinajstić information content (AvgIpc) is 2.91. The summed E-state index contributed by atoms with van der Waals surface area (Å²) in [5.74, 6) is 0. The van der Waals surface area contributed by atoms with Crippen molar-refractivity contribution in [2.45, 2.75) is 32.1 Å². The highest BCUT2D eigenvalue weighted by atomic mass is 15.1. The first kappa shape index (κ1) is 16.7. The highest BCUT2D eigenvalue weighted by Crippen LogP contribution is 2.43. The van der Waals surface area contributed by atoms with Crippen LogP contribution in [0.1, 0.15) is 37.8 Å². The van der Waals surface area contributed by atoms with Gasteiger partial charge in [0, 0.05) is 29.2 Å². The zero-order valence-corrected chi connectivity index (χ0v) is 15.6. The van der Waals surface area contributed by atoms with Crippen LogP contribution in [0, 0.1) is 0 Å². The van der Waals surface area contributed by atoms with Crippen LogP contribution in [0.25, 0.3) is 6.08 Å². The summed E-state index contributed by atoms with van der Waals surface area (Å²) >= 11 is 0. The molecule has 2 aromatic carbocycles. The molecule has 0 radical (unpaired) electrons. The van der Waals surface area contributed by atoms with Crippen molar-refractivity contribution < 1.29 is 4.58 Å². The summed E-state index contributed by atoms with van der Waals surface area (Å²) in [5, 5.41) is 0. The average molecular weight is 341 g/mol. The monoisotopic (exact) mass is 341 g/mol. The maximum absolute atomic E-state index is 4.10. The number of hydrogen-bond donors (Lipinski definition) is 0. The Labute approximate surface area is 155 Å². The van der Waals surface area contributed by atoms with Crippen LogP contribution in [0.4, 0.5) is 11.4 Å². The molecule has 2 nitrogen and oxygen atoms in total. The summed E-state index contributed by atoms with van der Waals surface area (Å²) in [7, 11) is 0. The van der Waals surface area contributed by atoms with Gasteiger partial charge in [0.1, 0.15) is 6.54 Å². The maximum atomic E-state index is 4.10. The Morgan fingerprint density at radius 2 is 1.85 bits per heavy atom. The number of rotatable bonds is 3. The van der Waals surface area contributed by atoms with Gasteiger partial charge in [0.05, 0.1) is 11.1 Å². The molecule has 4 rings (SSSR count). The van der Waals surface area contributed by atoms with E-state index in [-0.39, 0.29) is 5.41 Å². The molecule has 0 saturated carbocycles. The predicted molar refractivity (Wildman–Crippen MR) is 111 cm³/mol. The fourth-order valence-electron chi connectivity index (χ4n) is 4.38. The van der Waals surface area contributed by atoms with Crippen LogP contribution < -0.4 is 0 Å². The van der Waals surface area contributed by atoms with Gasteiger partial charge in [-0.3, -0.25) is 4.99 Å². The lowest BCUT2D eigenvalue weighted by atomic mass is 9.77. The number of aliphatic imine (C=N–C) groups is 1. The molecular formula is C24H25N2+. The molecule has 0 aromatic heterocycles. The number of nitrogens with zero attached hydrogens (tertiary/aromatic N) is 2. The highest BCUT2D eigenvalue weighted by molar-refractivity contribution is 6.07. The summed E-state index contributed by atoms with van der Waals surface area (Å²) in [6.45, 7) is 9.47. The van der Waals surface area contributed by atoms with Gasteiger partial charge in [-0.25, -0.2) is 0 Å². The van der Waals surface area contributed by atoms with Crippen molar-refractivity contribution >= 4 is 29.9 Å². The van der Waals surface area contributed by atoms with E-state index in [2.05, 4.69) is 78.7 Å². The lowest BCUT2D eigenvalue weighted by molar-refractivity contribution is -0.441. The van der Waals surface area contributed by atoms with E-state index in [0.29, 0.717) is 0 Å². The van der Waals surface area contributed by atoms with E-state index < -0.39 is 0 Å². The number of fused-ring (bicyclic) bond motifs is 2. The van der Waals surface area contributed by atoms with Gasteiger partial charge in [-0.1, -0.05) is 54.6 Å². The Kier molecular flexibility index (Phi) is 4.20. The lowest BCUT2D eigenvalue weighted by Gasteiger charge is -2.21. The highest BCUT2D eigenvalue weighted by Gasteiger charge is 2.47. The van der Waals surface area contributed by atoms with Crippen molar-refractivity contribution in [1.29, 1.82) is 0 Å². The van der Waals surface area contributed by atoms with Crippen molar-refractivity contribution in [2.75, 3.05) is 6.54 Å². The Hall–Kier alpha value is -2.74. The minimum absolute atomic E-state index is 0.0528. The van der Waals surface area contributed by atoms with Crippen molar-refractivity contribution in [3.63, 3.8) is 0 Å². The molecule has 0 unspecified atom stereocenters. The number of allylic oxidation sites excluding steroid dienone is 3. The number of benzene rings is 2. The molecule has 0 saturated heterocycles. The Balaban J connectivity index is 1.72. The molecule has 2 aliphatic heterocycles. The molecule has 26 heavy (non-hydrogen) atoms. The predicted octanol–water partition coefficient (Wildman–Crippen LogP) is 5.83. The topological polar surface area (TPSA) is 15.4 Å². The lowest BCUT2D eigenvalue weighted by Crippen LogP contribution is -2.33. The number of hydrogen-bond acceptors (Lipinski definition) is 1. The minimum Gasteiger partial charge on any atom is -0.264 e. The number of para-hydroxylation sites is 2. The summed E-state index contributed by atoms with van der Waals surface area (Å²) in [6.07, 6.45) is 8.91. The molecule has 2 heterocycles. The Morgan fingerprint density at radius 1 is 1.08 bits per heavy atom. The van der Waals surface area contributed by atoms with Crippen molar-refractivity contribution in [3.05, 3.63) is 77.4 Å². The summed E-state index contributed by atoms with van der Waals surface area (Å²) < 4.78 is 2.53. The zero-order valence-electron chi connectivity index (χ0n) is 15.6. The van der Waals surface area contributed by atoms with Gasteiger partial charge >= 0.3 is 0 Å². The Bertz CT molecular complexity index is 958. The molecule has 0 fully saturated rings. The third kappa shape index (κ3) is 2.66. The van der Waals surface area contributed by atoms with Gasteiger partial charge in [0.25, 0.3) is 0 Å². The standard InChI is InChI=1S/C24H25N2/c1-24(2)20-14-5-7-16-22(20)26-17-9-13-19(23(24)26)12-8-11-18-10-4-6-15-21(18)25-3/h4-8,10-12,14-16H,3,9,13,17H2,1-2H3/q+1.